The summed E-state index contributed by atoms with van der Waals surface area (Å²) in [5.41, 5.74) is 2.61. The molecule has 1 aliphatic rings. The van der Waals surface area contributed by atoms with Crippen molar-refractivity contribution in [2.24, 2.45) is 14.1 Å². The van der Waals surface area contributed by atoms with Crippen molar-refractivity contribution in [1.29, 1.82) is 0 Å². The van der Waals surface area contributed by atoms with Crippen molar-refractivity contribution in [2.75, 3.05) is 31.1 Å². The van der Waals surface area contributed by atoms with Gasteiger partial charge < -0.3 is 9.80 Å². The smallest absolute Gasteiger partial charge is 0.332 e. The molecular weight excluding hydrogens is 480 g/mol. The number of piperazine rings is 1. The Labute approximate surface area is 212 Å². The number of benzene rings is 2. The lowest BCUT2D eigenvalue weighted by atomic mass is 10.1. The normalized spacial score (nSPS) is 14.0. The fourth-order valence-electron chi connectivity index (χ4n) is 4.59. The van der Waals surface area contributed by atoms with Gasteiger partial charge in [0, 0.05) is 50.9 Å². The van der Waals surface area contributed by atoms with E-state index in [9.17, 15) is 14.4 Å². The van der Waals surface area contributed by atoms with E-state index < -0.39 is 11.2 Å². The van der Waals surface area contributed by atoms with E-state index in [0.717, 1.165) is 15.7 Å². The van der Waals surface area contributed by atoms with Gasteiger partial charge in [-0.05, 0) is 36.8 Å². The second-order valence-corrected chi connectivity index (χ2v) is 9.58. The Bertz CT molecular complexity index is 1560. The van der Waals surface area contributed by atoms with Crippen molar-refractivity contribution in [1.82, 2.24) is 23.6 Å². The van der Waals surface area contributed by atoms with Gasteiger partial charge in [-0.2, -0.15) is 4.98 Å². The number of carbonyl (C=O) groups is 1. The minimum absolute atomic E-state index is 0.000540. The number of hydrogen-bond donors (Lipinski definition) is 0. The molecule has 2 aromatic carbocycles. The topological polar surface area (TPSA) is 85.4 Å². The van der Waals surface area contributed by atoms with Gasteiger partial charge in [-0.3, -0.25) is 23.3 Å². The Morgan fingerprint density at radius 1 is 0.917 bits per heavy atom. The molecule has 9 nitrogen and oxygen atoms in total. The fraction of sp³-hybridized carbons (Fsp3) is 0.308. The average molecular weight is 507 g/mol. The van der Waals surface area contributed by atoms with Crippen molar-refractivity contribution in [3.63, 3.8) is 0 Å². The highest BCUT2D eigenvalue weighted by molar-refractivity contribution is 6.30. The van der Waals surface area contributed by atoms with Gasteiger partial charge in [0.05, 0.1) is 6.54 Å². The van der Waals surface area contributed by atoms with Crippen LogP contribution in [0, 0.1) is 6.92 Å². The first-order chi connectivity index (χ1) is 17.2. The summed E-state index contributed by atoms with van der Waals surface area (Å²) in [6.45, 7) is 4.53. The first kappa shape index (κ1) is 23.9. The van der Waals surface area contributed by atoms with Crippen molar-refractivity contribution in [3.8, 4) is 0 Å². The van der Waals surface area contributed by atoms with Crippen molar-refractivity contribution >= 4 is 34.6 Å². The molecule has 1 fully saturated rings. The first-order valence-electron chi connectivity index (χ1n) is 11.8. The van der Waals surface area contributed by atoms with Gasteiger partial charge in [0.25, 0.3) is 11.5 Å². The molecular formula is C26H27ClN6O3. The fourth-order valence-corrected chi connectivity index (χ4v) is 4.71. The Kier molecular flexibility index (Phi) is 6.17. The molecule has 0 saturated carbocycles. The summed E-state index contributed by atoms with van der Waals surface area (Å²) < 4.78 is 4.36. The van der Waals surface area contributed by atoms with Crippen LogP contribution < -0.4 is 16.1 Å². The lowest BCUT2D eigenvalue weighted by Gasteiger charge is -2.35. The Morgan fingerprint density at radius 2 is 1.56 bits per heavy atom. The number of carbonyl (C=O) groups excluding carboxylic acids is 1. The Balaban J connectivity index is 1.50. The lowest BCUT2D eigenvalue weighted by molar-refractivity contribution is 0.0746. The van der Waals surface area contributed by atoms with E-state index in [1.807, 2.05) is 52.8 Å². The summed E-state index contributed by atoms with van der Waals surface area (Å²) in [7, 11) is 3.09. The molecule has 0 aliphatic carbocycles. The number of rotatable bonds is 4. The first-order valence-corrected chi connectivity index (χ1v) is 12.1. The third-order valence-electron chi connectivity index (χ3n) is 6.73. The van der Waals surface area contributed by atoms with Crippen molar-refractivity contribution in [2.45, 2.75) is 13.5 Å². The number of aromatic nitrogens is 4. The van der Waals surface area contributed by atoms with E-state index in [2.05, 4.69) is 4.90 Å². The largest absolute Gasteiger partial charge is 0.339 e. The molecule has 5 rings (SSSR count). The number of aryl methyl sites for hydroxylation is 2. The number of hydrogen-bond acceptors (Lipinski definition) is 5. The molecule has 4 aromatic rings. The molecule has 10 heteroatoms. The molecule has 1 saturated heterocycles. The summed E-state index contributed by atoms with van der Waals surface area (Å²) in [5.74, 6) is 0.598. The molecule has 1 aliphatic heterocycles. The van der Waals surface area contributed by atoms with Gasteiger partial charge in [0.1, 0.15) is 0 Å². The summed E-state index contributed by atoms with van der Waals surface area (Å²) in [4.78, 5) is 47.4. The van der Waals surface area contributed by atoms with E-state index in [1.54, 1.807) is 19.2 Å². The summed E-state index contributed by atoms with van der Waals surface area (Å²) in [6, 6.07) is 15.0. The molecule has 0 bridgehead atoms. The zero-order valence-electron chi connectivity index (χ0n) is 20.4. The molecule has 0 atom stereocenters. The zero-order chi connectivity index (χ0) is 25.6. The molecule has 0 unspecified atom stereocenters. The molecule has 3 heterocycles. The molecule has 36 heavy (non-hydrogen) atoms. The lowest BCUT2D eigenvalue weighted by Crippen LogP contribution is -2.49. The predicted octanol–water partition coefficient (Wildman–Crippen LogP) is 2.41. The molecule has 2 aromatic heterocycles. The molecule has 0 N–H and O–H groups in total. The van der Waals surface area contributed by atoms with Gasteiger partial charge in [-0.25, -0.2) is 4.79 Å². The minimum atomic E-state index is -0.427. The molecule has 186 valence electrons. The average Bonchev–Trinajstić information content (AvgIpc) is 3.27. The van der Waals surface area contributed by atoms with Crippen LogP contribution in [0.15, 0.2) is 58.1 Å². The van der Waals surface area contributed by atoms with Gasteiger partial charge >= 0.3 is 5.69 Å². The van der Waals surface area contributed by atoms with Gasteiger partial charge in [-0.15, -0.1) is 0 Å². The number of fused-ring (bicyclic) bond motifs is 1. The van der Waals surface area contributed by atoms with Crippen LogP contribution in [0.25, 0.3) is 11.2 Å². The highest BCUT2D eigenvalue weighted by Gasteiger charge is 2.27. The van der Waals surface area contributed by atoms with Crippen LogP contribution in [-0.2, 0) is 20.6 Å². The quantitative estimate of drug-likeness (QED) is 0.424. The second-order valence-electron chi connectivity index (χ2n) is 9.15. The number of imidazole rings is 1. The second kappa shape index (κ2) is 9.31. The summed E-state index contributed by atoms with van der Waals surface area (Å²) in [5, 5.41) is 0.627. The number of halogens is 1. The highest BCUT2D eigenvalue weighted by Crippen LogP contribution is 2.23. The van der Waals surface area contributed by atoms with E-state index >= 15 is 0 Å². The van der Waals surface area contributed by atoms with E-state index in [1.165, 1.54) is 11.6 Å². The van der Waals surface area contributed by atoms with Crippen LogP contribution in [0.1, 0.15) is 21.5 Å². The monoisotopic (exact) mass is 506 g/mol. The Hall–Kier alpha value is -3.85. The number of amides is 1. The maximum atomic E-state index is 13.2. The zero-order valence-corrected chi connectivity index (χ0v) is 21.2. The number of anilines is 1. The van der Waals surface area contributed by atoms with Crippen molar-refractivity contribution < 1.29 is 4.79 Å². The van der Waals surface area contributed by atoms with Crippen LogP contribution in [0.4, 0.5) is 5.95 Å². The van der Waals surface area contributed by atoms with Crippen LogP contribution in [0.3, 0.4) is 0 Å². The van der Waals surface area contributed by atoms with Crippen LogP contribution in [-0.4, -0.2) is 55.7 Å². The summed E-state index contributed by atoms with van der Waals surface area (Å²) >= 11 is 6.07. The van der Waals surface area contributed by atoms with Gasteiger partial charge in [-0.1, -0.05) is 41.4 Å². The Morgan fingerprint density at radius 3 is 2.19 bits per heavy atom. The highest BCUT2D eigenvalue weighted by atomic mass is 35.5. The maximum Gasteiger partial charge on any atom is 0.332 e. The van der Waals surface area contributed by atoms with Crippen LogP contribution in [0.2, 0.25) is 5.02 Å². The third-order valence-corrected chi connectivity index (χ3v) is 6.98. The van der Waals surface area contributed by atoms with Gasteiger partial charge in [0.2, 0.25) is 5.95 Å². The summed E-state index contributed by atoms with van der Waals surface area (Å²) in [6.07, 6.45) is 0. The van der Waals surface area contributed by atoms with E-state index in [-0.39, 0.29) is 5.91 Å². The number of nitrogens with zero attached hydrogens (tertiary/aromatic N) is 6. The molecule has 0 spiro atoms. The minimum Gasteiger partial charge on any atom is -0.339 e. The van der Waals surface area contributed by atoms with Gasteiger partial charge in [0.15, 0.2) is 11.2 Å². The molecule has 1 amide bonds. The molecule has 0 radical (unpaired) electrons. The van der Waals surface area contributed by atoms with Crippen molar-refractivity contribution in [3.05, 3.63) is 91.1 Å². The van der Waals surface area contributed by atoms with Crippen LogP contribution in [0.5, 0.6) is 0 Å². The third kappa shape index (κ3) is 4.19. The van der Waals surface area contributed by atoms with E-state index in [4.69, 9.17) is 16.6 Å². The SMILES string of the molecule is Cc1ccc(C(=O)N2CCN(c3nc4c(c(=O)n(C)c(=O)n4C)n3Cc3ccc(Cl)cc3)CC2)cc1. The standard InChI is InChI=1S/C26H27ClN6O3/c1-17-4-8-19(9-5-17)23(34)31-12-14-32(15-13-31)25-28-22-21(24(35)30(3)26(36)29(22)2)33(25)16-18-6-10-20(27)11-7-18/h4-11H,12-16H2,1-3H3. The van der Waals surface area contributed by atoms with E-state index in [0.29, 0.717) is 60.4 Å². The maximum absolute atomic E-state index is 13.2. The predicted molar refractivity (Wildman–Crippen MR) is 140 cm³/mol. The van der Waals surface area contributed by atoms with Crippen LogP contribution >= 0.6 is 11.6 Å².